The quantitative estimate of drug-likeness (QED) is 0.843. The van der Waals surface area contributed by atoms with Crippen LogP contribution in [0.5, 0.6) is 0 Å². The third kappa shape index (κ3) is 4.91. The molecule has 1 N–H and O–H groups in total. The van der Waals surface area contributed by atoms with E-state index in [0.29, 0.717) is 18.5 Å². The molecule has 6 nitrogen and oxygen atoms in total. The zero-order valence-corrected chi connectivity index (χ0v) is 12.5. The van der Waals surface area contributed by atoms with Crippen LogP contribution in [0.4, 0.5) is 0 Å². The SMILES string of the molecule is CC(=O)N(C)CC(=O)N(C)CCc1ccccc1C(=O)O. The van der Waals surface area contributed by atoms with Gasteiger partial charge in [0.2, 0.25) is 11.8 Å². The molecule has 114 valence electrons. The van der Waals surface area contributed by atoms with E-state index in [4.69, 9.17) is 5.11 Å². The van der Waals surface area contributed by atoms with Crippen molar-refractivity contribution < 1.29 is 19.5 Å². The lowest BCUT2D eigenvalue weighted by atomic mass is 10.0. The molecule has 0 radical (unpaired) electrons. The van der Waals surface area contributed by atoms with Gasteiger partial charge in [0.1, 0.15) is 0 Å². The van der Waals surface area contributed by atoms with Crippen LogP contribution in [-0.4, -0.2) is 59.9 Å². The van der Waals surface area contributed by atoms with E-state index >= 15 is 0 Å². The average molecular weight is 292 g/mol. The van der Waals surface area contributed by atoms with Gasteiger partial charge in [-0.15, -0.1) is 0 Å². The summed E-state index contributed by atoms with van der Waals surface area (Å²) in [5.74, 6) is -1.33. The molecule has 0 aromatic heterocycles. The summed E-state index contributed by atoms with van der Waals surface area (Å²) in [6.45, 7) is 1.82. The molecule has 0 aliphatic rings. The van der Waals surface area contributed by atoms with Crippen LogP contribution in [-0.2, 0) is 16.0 Å². The smallest absolute Gasteiger partial charge is 0.335 e. The highest BCUT2D eigenvalue weighted by Gasteiger charge is 2.15. The highest BCUT2D eigenvalue weighted by Crippen LogP contribution is 2.10. The predicted octanol–water partition coefficient (Wildman–Crippen LogP) is 0.864. The van der Waals surface area contributed by atoms with Gasteiger partial charge in [-0.3, -0.25) is 9.59 Å². The zero-order valence-electron chi connectivity index (χ0n) is 12.5. The molecule has 1 aromatic carbocycles. The molecule has 0 heterocycles. The number of nitrogens with zero attached hydrogens (tertiary/aromatic N) is 2. The van der Waals surface area contributed by atoms with Crippen LogP contribution in [0.3, 0.4) is 0 Å². The molecule has 0 aliphatic heterocycles. The minimum Gasteiger partial charge on any atom is -0.478 e. The van der Waals surface area contributed by atoms with Crippen molar-refractivity contribution in [1.29, 1.82) is 0 Å². The lowest BCUT2D eigenvalue weighted by Crippen LogP contribution is -2.39. The number of hydrogen-bond acceptors (Lipinski definition) is 3. The van der Waals surface area contributed by atoms with Crippen molar-refractivity contribution in [1.82, 2.24) is 9.80 Å². The first-order valence-electron chi connectivity index (χ1n) is 6.59. The van der Waals surface area contributed by atoms with Gasteiger partial charge in [-0.05, 0) is 18.1 Å². The second kappa shape index (κ2) is 7.42. The summed E-state index contributed by atoms with van der Waals surface area (Å²) in [6.07, 6.45) is 0.453. The summed E-state index contributed by atoms with van der Waals surface area (Å²) < 4.78 is 0. The first-order chi connectivity index (χ1) is 9.82. The van der Waals surface area contributed by atoms with Crippen molar-refractivity contribution in [2.75, 3.05) is 27.2 Å². The number of carboxylic acid groups (broad SMARTS) is 1. The second-order valence-corrected chi connectivity index (χ2v) is 4.90. The lowest BCUT2D eigenvalue weighted by Gasteiger charge is -2.21. The predicted molar refractivity (Wildman–Crippen MR) is 78.1 cm³/mol. The first-order valence-corrected chi connectivity index (χ1v) is 6.59. The van der Waals surface area contributed by atoms with Gasteiger partial charge >= 0.3 is 5.97 Å². The summed E-state index contributed by atoms with van der Waals surface area (Å²) in [7, 11) is 3.20. The summed E-state index contributed by atoms with van der Waals surface area (Å²) >= 11 is 0. The Bertz CT molecular complexity index is 542. The van der Waals surface area contributed by atoms with Crippen molar-refractivity contribution in [3.63, 3.8) is 0 Å². The van der Waals surface area contributed by atoms with Gasteiger partial charge in [0.15, 0.2) is 0 Å². The summed E-state index contributed by atoms with van der Waals surface area (Å²) in [5.41, 5.74) is 0.934. The van der Waals surface area contributed by atoms with Gasteiger partial charge in [0.25, 0.3) is 0 Å². The number of hydrogen-bond donors (Lipinski definition) is 1. The van der Waals surface area contributed by atoms with Crippen molar-refractivity contribution in [3.8, 4) is 0 Å². The molecule has 0 spiro atoms. The van der Waals surface area contributed by atoms with Gasteiger partial charge in [0, 0.05) is 27.6 Å². The van der Waals surface area contributed by atoms with E-state index in [0.717, 1.165) is 0 Å². The maximum absolute atomic E-state index is 11.9. The Morgan fingerprint density at radius 2 is 1.71 bits per heavy atom. The number of aromatic carboxylic acids is 1. The fraction of sp³-hybridized carbons (Fsp3) is 0.400. The molecule has 6 heteroatoms. The molecule has 1 aromatic rings. The van der Waals surface area contributed by atoms with Crippen LogP contribution in [0.2, 0.25) is 0 Å². The Balaban J connectivity index is 2.61. The number of likely N-dealkylation sites (N-methyl/N-ethyl adjacent to an activating group) is 2. The molecule has 0 aliphatic carbocycles. The summed E-state index contributed by atoms with van der Waals surface area (Å²) in [5, 5.41) is 9.10. The van der Waals surface area contributed by atoms with E-state index in [1.165, 1.54) is 16.7 Å². The highest BCUT2D eigenvalue weighted by molar-refractivity contribution is 5.89. The molecule has 0 fully saturated rings. The van der Waals surface area contributed by atoms with Crippen LogP contribution in [0.1, 0.15) is 22.8 Å². The number of rotatable bonds is 6. The van der Waals surface area contributed by atoms with Crippen LogP contribution >= 0.6 is 0 Å². The third-order valence-corrected chi connectivity index (χ3v) is 3.30. The minimum absolute atomic E-state index is 0.0202. The maximum Gasteiger partial charge on any atom is 0.335 e. The van der Waals surface area contributed by atoms with Gasteiger partial charge < -0.3 is 14.9 Å². The van der Waals surface area contributed by atoms with E-state index in [1.54, 1.807) is 38.4 Å². The number of carboxylic acids is 1. The van der Waals surface area contributed by atoms with E-state index < -0.39 is 5.97 Å². The molecule has 0 saturated heterocycles. The Morgan fingerprint density at radius 1 is 1.10 bits per heavy atom. The lowest BCUT2D eigenvalue weighted by molar-refractivity contribution is -0.137. The maximum atomic E-state index is 11.9. The molecular formula is C15H20N2O4. The molecule has 0 saturated carbocycles. The summed E-state index contributed by atoms with van der Waals surface area (Å²) in [4.78, 5) is 36.9. The molecule has 0 atom stereocenters. The molecule has 0 bridgehead atoms. The van der Waals surface area contributed by atoms with Crippen molar-refractivity contribution in [2.24, 2.45) is 0 Å². The monoisotopic (exact) mass is 292 g/mol. The fourth-order valence-electron chi connectivity index (χ4n) is 1.79. The van der Waals surface area contributed by atoms with Crippen molar-refractivity contribution in [3.05, 3.63) is 35.4 Å². The zero-order chi connectivity index (χ0) is 16.0. The number of carbonyl (C=O) groups excluding carboxylic acids is 2. The average Bonchev–Trinajstić information content (AvgIpc) is 2.44. The summed E-state index contributed by atoms with van der Waals surface area (Å²) in [6, 6.07) is 6.73. The van der Waals surface area contributed by atoms with Crippen molar-refractivity contribution in [2.45, 2.75) is 13.3 Å². The van der Waals surface area contributed by atoms with Crippen LogP contribution in [0.15, 0.2) is 24.3 Å². The number of amides is 2. The largest absolute Gasteiger partial charge is 0.478 e. The number of benzene rings is 1. The molecule has 1 rings (SSSR count). The molecule has 2 amide bonds. The Morgan fingerprint density at radius 3 is 2.29 bits per heavy atom. The van der Waals surface area contributed by atoms with Gasteiger partial charge in [-0.2, -0.15) is 0 Å². The normalized spacial score (nSPS) is 10.0. The fourth-order valence-corrected chi connectivity index (χ4v) is 1.79. The van der Waals surface area contributed by atoms with Gasteiger partial charge in [-0.1, -0.05) is 18.2 Å². The molecule has 0 unspecified atom stereocenters. The minimum atomic E-state index is -0.976. The van der Waals surface area contributed by atoms with E-state index in [-0.39, 0.29) is 23.9 Å². The third-order valence-electron chi connectivity index (χ3n) is 3.30. The van der Waals surface area contributed by atoms with Crippen LogP contribution in [0, 0.1) is 0 Å². The van der Waals surface area contributed by atoms with Crippen LogP contribution < -0.4 is 0 Å². The topological polar surface area (TPSA) is 77.9 Å². The van der Waals surface area contributed by atoms with Gasteiger partial charge in [0.05, 0.1) is 12.1 Å². The van der Waals surface area contributed by atoms with E-state index in [1.807, 2.05) is 0 Å². The Labute approximate surface area is 124 Å². The van der Waals surface area contributed by atoms with E-state index in [9.17, 15) is 14.4 Å². The molecule has 21 heavy (non-hydrogen) atoms. The van der Waals surface area contributed by atoms with Crippen LogP contribution in [0.25, 0.3) is 0 Å². The first kappa shape index (κ1) is 16.7. The second-order valence-electron chi connectivity index (χ2n) is 4.90. The standard InChI is InChI=1S/C15H20N2O4/c1-11(18)17(3)10-14(19)16(2)9-8-12-6-4-5-7-13(12)15(20)21/h4-7H,8-10H2,1-3H3,(H,20,21). The van der Waals surface area contributed by atoms with Crippen molar-refractivity contribution >= 4 is 17.8 Å². The van der Waals surface area contributed by atoms with Gasteiger partial charge in [-0.25, -0.2) is 4.79 Å². The Kier molecular flexibility index (Phi) is 5.90. The van der Waals surface area contributed by atoms with E-state index in [2.05, 4.69) is 0 Å². The Hall–Kier alpha value is -2.37. The highest BCUT2D eigenvalue weighted by atomic mass is 16.4. The number of carbonyl (C=O) groups is 3. The molecular weight excluding hydrogens is 272 g/mol.